The van der Waals surface area contributed by atoms with Crippen molar-refractivity contribution in [2.45, 2.75) is 39.3 Å². The molecular weight excluding hydrogens is 455 g/mol. The van der Waals surface area contributed by atoms with Crippen molar-refractivity contribution in [2.24, 2.45) is 0 Å². The molecule has 3 aromatic rings. The van der Waals surface area contributed by atoms with Gasteiger partial charge in [-0.25, -0.2) is 13.8 Å². The summed E-state index contributed by atoms with van der Waals surface area (Å²) >= 11 is 1.56. The summed E-state index contributed by atoms with van der Waals surface area (Å²) in [7, 11) is 1.61. The van der Waals surface area contributed by atoms with Crippen molar-refractivity contribution in [3.05, 3.63) is 58.5 Å². The fourth-order valence-corrected chi connectivity index (χ4v) is 4.19. The van der Waals surface area contributed by atoms with Crippen molar-refractivity contribution >= 4 is 33.2 Å². The van der Waals surface area contributed by atoms with Gasteiger partial charge in [-0.15, -0.1) is 11.3 Å². The number of alkyl halides is 2. The number of thiophene rings is 1. The van der Waals surface area contributed by atoms with Gasteiger partial charge in [0.2, 0.25) is 18.8 Å². The first-order chi connectivity index (χ1) is 15.8. The Bertz CT molecular complexity index is 1090. The number of halogens is 3. The van der Waals surface area contributed by atoms with Gasteiger partial charge in [-0.3, -0.25) is 9.59 Å². The average molecular weight is 482 g/mol. The summed E-state index contributed by atoms with van der Waals surface area (Å²) in [6, 6.07) is 9.27. The topological polar surface area (TPSA) is 80.3 Å². The minimum atomic E-state index is -1.75. The Kier molecular flexibility index (Phi) is 10.1. The van der Waals surface area contributed by atoms with Gasteiger partial charge in [0.25, 0.3) is 5.91 Å². The number of amides is 2. The van der Waals surface area contributed by atoms with Crippen molar-refractivity contribution < 1.29 is 27.5 Å². The van der Waals surface area contributed by atoms with Crippen molar-refractivity contribution in [1.29, 1.82) is 0 Å². The van der Waals surface area contributed by atoms with E-state index in [1.165, 1.54) is 6.20 Å². The van der Waals surface area contributed by atoms with E-state index in [0.717, 1.165) is 27.8 Å². The van der Waals surface area contributed by atoms with Crippen LogP contribution in [0.5, 0.6) is 5.75 Å². The van der Waals surface area contributed by atoms with Crippen LogP contribution in [0.25, 0.3) is 10.1 Å². The molecule has 3 heterocycles. The Hall–Kier alpha value is -3.14. The third-order valence-electron chi connectivity index (χ3n) is 4.73. The molecule has 2 N–H and O–H groups in total. The maximum atomic E-state index is 13.5. The number of rotatable bonds is 4. The summed E-state index contributed by atoms with van der Waals surface area (Å²) in [5.74, 6) is 0.131. The molecule has 0 aliphatic carbocycles. The van der Waals surface area contributed by atoms with Gasteiger partial charge in [-0.2, -0.15) is 4.39 Å². The van der Waals surface area contributed by atoms with Gasteiger partial charge >= 0.3 is 0 Å². The van der Waals surface area contributed by atoms with E-state index < -0.39 is 12.9 Å². The highest BCUT2D eigenvalue weighted by Crippen LogP contribution is 2.33. The third-order valence-corrected chi connectivity index (χ3v) is 5.82. The standard InChI is InChI=1S/C17H15FN2O2S.C5H9NO.CH2F2/c1-10-15(17(21)19-2)13-8-12(5-6-14(13)23-10)22-9-11-4-3-7-20-16(11)18;1-4-2-3-5(7)6-4;2-1-3/h3-8H,9H2,1-2H3,(H,19,21);4H,2-3H2,1H3,(H,6,7);1H2. The lowest BCUT2D eigenvalue weighted by Gasteiger charge is -2.07. The van der Waals surface area contributed by atoms with Crippen LogP contribution in [0, 0.1) is 12.9 Å². The summed E-state index contributed by atoms with van der Waals surface area (Å²) in [6.07, 6.45) is 3.13. The number of nitrogens with one attached hydrogen (secondary N) is 2. The van der Waals surface area contributed by atoms with Gasteiger partial charge in [0.05, 0.1) is 5.56 Å². The SMILES string of the molecule is CC1CCC(=O)N1.CNC(=O)c1c(C)sc2ccc(OCc3cccnc3F)cc12.FCF. The molecule has 2 amide bonds. The number of aryl methyl sites for hydroxylation is 1. The lowest BCUT2D eigenvalue weighted by molar-refractivity contribution is -0.119. The molecule has 4 rings (SSSR count). The van der Waals surface area contributed by atoms with E-state index in [9.17, 15) is 22.8 Å². The molecule has 1 unspecified atom stereocenters. The monoisotopic (exact) mass is 481 g/mol. The molecule has 0 radical (unpaired) electrons. The van der Waals surface area contributed by atoms with Crippen LogP contribution in [-0.4, -0.2) is 36.8 Å². The summed E-state index contributed by atoms with van der Waals surface area (Å²) in [5.41, 5.74) is 1.05. The van der Waals surface area contributed by atoms with Crippen molar-refractivity contribution in [1.82, 2.24) is 15.6 Å². The van der Waals surface area contributed by atoms with E-state index in [-0.39, 0.29) is 18.4 Å². The first-order valence-electron chi connectivity index (χ1n) is 10.2. The second-order valence-corrected chi connectivity index (χ2v) is 8.38. The molecule has 178 valence electrons. The van der Waals surface area contributed by atoms with Crippen LogP contribution < -0.4 is 15.4 Å². The molecule has 1 aromatic carbocycles. The number of pyridine rings is 1. The second kappa shape index (κ2) is 12.8. The molecular formula is C23H26F3N3O3S. The molecule has 1 fully saturated rings. The molecule has 0 spiro atoms. The first kappa shape index (κ1) is 26.1. The molecule has 0 saturated carbocycles. The van der Waals surface area contributed by atoms with Crippen molar-refractivity contribution in [2.75, 3.05) is 14.0 Å². The van der Waals surface area contributed by atoms with Crippen molar-refractivity contribution in [3.63, 3.8) is 0 Å². The predicted molar refractivity (Wildman–Crippen MR) is 122 cm³/mol. The molecule has 2 aromatic heterocycles. The molecule has 33 heavy (non-hydrogen) atoms. The molecule has 6 nitrogen and oxygen atoms in total. The van der Waals surface area contributed by atoms with Gasteiger partial charge in [0.15, 0.2) is 0 Å². The van der Waals surface area contributed by atoms with Crippen LogP contribution in [-0.2, 0) is 11.4 Å². The van der Waals surface area contributed by atoms with Gasteiger partial charge in [0, 0.05) is 46.2 Å². The van der Waals surface area contributed by atoms with Gasteiger partial charge < -0.3 is 15.4 Å². The van der Waals surface area contributed by atoms with Crippen LogP contribution in [0.3, 0.4) is 0 Å². The number of fused-ring (bicyclic) bond motifs is 1. The second-order valence-electron chi connectivity index (χ2n) is 7.12. The largest absolute Gasteiger partial charge is 0.489 e. The molecule has 1 saturated heterocycles. The minimum Gasteiger partial charge on any atom is -0.489 e. The number of hydrogen-bond donors (Lipinski definition) is 2. The number of carbonyl (C=O) groups excluding carboxylic acids is 2. The van der Waals surface area contributed by atoms with E-state index in [1.807, 2.05) is 32.0 Å². The summed E-state index contributed by atoms with van der Waals surface area (Å²) in [6.45, 7) is 2.27. The fourth-order valence-electron chi connectivity index (χ4n) is 3.15. The Morgan fingerprint density at radius 1 is 1.33 bits per heavy atom. The van der Waals surface area contributed by atoms with Gasteiger partial charge in [0.1, 0.15) is 12.4 Å². The quantitative estimate of drug-likeness (QED) is 0.522. The minimum absolute atomic E-state index is 0.0869. The number of hydrogen-bond acceptors (Lipinski definition) is 5. The van der Waals surface area contributed by atoms with E-state index in [1.54, 1.807) is 30.5 Å². The Labute approximate surface area is 194 Å². The van der Waals surface area contributed by atoms with Crippen molar-refractivity contribution in [3.8, 4) is 5.75 Å². The number of benzene rings is 1. The molecule has 1 atom stereocenters. The lowest BCUT2D eigenvalue weighted by atomic mass is 10.1. The highest BCUT2D eigenvalue weighted by atomic mass is 32.1. The van der Waals surface area contributed by atoms with Crippen LogP contribution in [0.1, 0.15) is 40.6 Å². The highest BCUT2D eigenvalue weighted by molar-refractivity contribution is 7.19. The number of carbonyl (C=O) groups is 2. The highest BCUT2D eigenvalue weighted by Gasteiger charge is 2.16. The van der Waals surface area contributed by atoms with Gasteiger partial charge in [-0.1, -0.05) is 0 Å². The number of aromatic nitrogens is 1. The van der Waals surface area contributed by atoms with E-state index >= 15 is 0 Å². The number of nitrogens with zero attached hydrogens (tertiary/aromatic N) is 1. The summed E-state index contributed by atoms with van der Waals surface area (Å²) < 4.78 is 39.4. The molecule has 1 aliphatic heterocycles. The zero-order chi connectivity index (χ0) is 24.4. The first-order valence-corrected chi connectivity index (χ1v) is 11.0. The molecule has 1 aliphatic rings. The molecule has 10 heteroatoms. The van der Waals surface area contributed by atoms with E-state index in [2.05, 4.69) is 15.6 Å². The summed E-state index contributed by atoms with van der Waals surface area (Å²) in [5, 5.41) is 6.28. The van der Waals surface area contributed by atoms with Crippen LogP contribution in [0.15, 0.2) is 36.5 Å². The lowest BCUT2D eigenvalue weighted by Crippen LogP contribution is -2.21. The smallest absolute Gasteiger partial charge is 0.252 e. The van der Waals surface area contributed by atoms with Crippen LogP contribution >= 0.6 is 11.3 Å². The Morgan fingerprint density at radius 3 is 2.61 bits per heavy atom. The maximum Gasteiger partial charge on any atom is 0.252 e. The van der Waals surface area contributed by atoms with E-state index in [0.29, 0.717) is 22.9 Å². The summed E-state index contributed by atoms with van der Waals surface area (Å²) in [4.78, 5) is 26.9. The Morgan fingerprint density at radius 2 is 2.06 bits per heavy atom. The van der Waals surface area contributed by atoms with Gasteiger partial charge in [-0.05, 0) is 50.6 Å². The Balaban J connectivity index is 0.000000321. The van der Waals surface area contributed by atoms with E-state index in [4.69, 9.17) is 4.74 Å². The van der Waals surface area contributed by atoms with Crippen LogP contribution in [0.2, 0.25) is 0 Å². The number of ether oxygens (including phenoxy) is 1. The average Bonchev–Trinajstić information content (AvgIpc) is 3.33. The third kappa shape index (κ3) is 7.45. The fraction of sp³-hybridized carbons (Fsp3) is 0.348. The normalized spacial score (nSPS) is 14.5. The predicted octanol–water partition coefficient (Wildman–Crippen LogP) is 4.85. The zero-order valence-corrected chi connectivity index (χ0v) is 19.4. The van der Waals surface area contributed by atoms with Crippen LogP contribution in [0.4, 0.5) is 13.2 Å². The molecule has 0 bridgehead atoms. The maximum absolute atomic E-state index is 13.5. The zero-order valence-electron chi connectivity index (χ0n) is 18.6.